The Labute approximate surface area is 205 Å². The Bertz CT molecular complexity index is 1360. The smallest absolute Gasteiger partial charge is 0.238 e. The average molecular weight is 493 g/mol. The number of nitrogens with zero attached hydrogens (tertiary/aromatic N) is 3. The maximum Gasteiger partial charge on any atom is 0.238 e. The molecule has 0 spiro atoms. The van der Waals surface area contributed by atoms with Crippen molar-refractivity contribution in [2.24, 2.45) is 10.1 Å². The van der Waals surface area contributed by atoms with Crippen molar-refractivity contribution in [2.45, 2.75) is 37.0 Å². The van der Waals surface area contributed by atoms with Crippen molar-refractivity contribution in [3.8, 4) is 17.4 Å². The SMILES string of the molecule is NS(=O)(=O)c1ccc2c(c1)CCN2C1=NCCCCCCOc2ccccc2Oc2ncccc21. The van der Waals surface area contributed by atoms with Crippen LogP contribution in [0.25, 0.3) is 0 Å². The fraction of sp³-hybridized carbons (Fsp3) is 0.308. The molecule has 0 radical (unpaired) electrons. The van der Waals surface area contributed by atoms with Gasteiger partial charge in [-0.3, -0.25) is 4.99 Å². The summed E-state index contributed by atoms with van der Waals surface area (Å²) in [6, 6.07) is 16.4. The Hall–Kier alpha value is -3.43. The van der Waals surface area contributed by atoms with E-state index in [0.29, 0.717) is 43.5 Å². The molecule has 182 valence electrons. The molecule has 0 unspecified atom stereocenters. The van der Waals surface area contributed by atoms with E-state index in [2.05, 4.69) is 9.88 Å². The van der Waals surface area contributed by atoms with Crippen LogP contribution >= 0.6 is 0 Å². The van der Waals surface area contributed by atoms with E-state index in [1.807, 2.05) is 36.4 Å². The number of aliphatic imine (C=N–C) groups is 1. The van der Waals surface area contributed by atoms with E-state index in [1.54, 1.807) is 24.4 Å². The number of ether oxygens (including phenoxy) is 2. The lowest BCUT2D eigenvalue weighted by Crippen LogP contribution is -2.31. The summed E-state index contributed by atoms with van der Waals surface area (Å²) in [7, 11) is -3.77. The largest absolute Gasteiger partial charge is 0.490 e. The number of aromatic nitrogens is 1. The number of rotatable bonds is 1. The number of benzene rings is 2. The van der Waals surface area contributed by atoms with Crippen LogP contribution in [-0.4, -0.2) is 38.9 Å². The van der Waals surface area contributed by atoms with Crippen LogP contribution in [0.15, 0.2) is 70.7 Å². The highest BCUT2D eigenvalue weighted by Gasteiger charge is 2.28. The van der Waals surface area contributed by atoms with Gasteiger partial charge in [-0.15, -0.1) is 0 Å². The summed E-state index contributed by atoms with van der Waals surface area (Å²) in [6.07, 6.45) is 6.43. The molecule has 2 aromatic carbocycles. The molecule has 0 amide bonds. The van der Waals surface area contributed by atoms with E-state index in [0.717, 1.165) is 48.3 Å². The molecule has 0 bridgehead atoms. The molecule has 8 nitrogen and oxygen atoms in total. The highest BCUT2D eigenvalue weighted by molar-refractivity contribution is 7.89. The van der Waals surface area contributed by atoms with Gasteiger partial charge in [-0.05, 0) is 73.7 Å². The van der Waals surface area contributed by atoms with Gasteiger partial charge in [0.1, 0.15) is 5.84 Å². The second-order valence-corrected chi connectivity index (χ2v) is 10.2. The number of fused-ring (bicyclic) bond motifs is 3. The number of primary sulfonamides is 1. The molecular weight excluding hydrogens is 464 g/mol. The van der Waals surface area contributed by atoms with Crippen molar-refractivity contribution in [1.29, 1.82) is 0 Å². The van der Waals surface area contributed by atoms with Crippen molar-refractivity contribution in [3.63, 3.8) is 0 Å². The van der Waals surface area contributed by atoms with E-state index in [1.165, 1.54) is 0 Å². The number of pyridine rings is 1. The second-order valence-electron chi connectivity index (χ2n) is 8.61. The van der Waals surface area contributed by atoms with Crippen LogP contribution < -0.4 is 19.5 Å². The van der Waals surface area contributed by atoms with Gasteiger partial charge in [0, 0.05) is 25.0 Å². The molecule has 5 rings (SSSR count). The first-order chi connectivity index (χ1) is 17.0. The van der Waals surface area contributed by atoms with E-state index >= 15 is 0 Å². The zero-order valence-corrected chi connectivity index (χ0v) is 20.2. The highest BCUT2D eigenvalue weighted by atomic mass is 32.2. The maximum atomic E-state index is 11.9. The fourth-order valence-electron chi connectivity index (χ4n) is 4.43. The molecule has 2 N–H and O–H groups in total. The van der Waals surface area contributed by atoms with Crippen LogP contribution in [-0.2, 0) is 16.4 Å². The third kappa shape index (κ3) is 5.16. The minimum Gasteiger partial charge on any atom is -0.490 e. The van der Waals surface area contributed by atoms with Gasteiger partial charge in [0.2, 0.25) is 15.9 Å². The minimum atomic E-state index is -3.77. The topological polar surface area (TPSA) is 107 Å². The van der Waals surface area contributed by atoms with Gasteiger partial charge in [0.05, 0.1) is 17.1 Å². The lowest BCUT2D eigenvalue weighted by atomic mass is 10.1. The molecule has 9 heteroatoms. The van der Waals surface area contributed by atoms with Gasteiger partial charge >= 0.3 is 0 Å². The average Bonchev–Trinajstić information content (AvgIpc) is 3.27. The van der Waals surface area contributed by atoms with Crippen LogP contribution in [0.4, 0.5) is 5.69 Å². The van der Waals surface area contributed by atoms with E-state index in [-0.39, 0.29) is 4.90 Å². The van der Waals surface area contributed by atoms with Gasteiger partial charge in [-0.2, -0.15) is 0 Å². The minimum absolute atomic E-state index is 0.119. The predicted molar refractivity (Wildman–Crippen MR) is 135 cm³/mol. The van der Waals surface area contributed by atoms with Gasteiger partial charge in [0.25, 0.3) is 0 Å². The molecule has 3 heterocycles. The third-order valence-electron chi connectivity index (χ3n) is 6.17. The molecule has 1 aromatic heterocycles. The quantitative estimate of drug-likeness (QED) is 0.543. The molecule has 2 aliphatic rings. The molecule has 0 atom stereocenters. The van der Waals surface area contributed by atoms with Crippen LogP contribution in [0.2, 0.25) is 0 Å². The summed E-state index contributed by atoms with van der Waals surface area (Å²) in [5, 5.41) is 5.35. The van der Waals surface area contributed by atoms with E-state index < -0.39 is 10.0 Å². The molecule has 35 heavy (non-hydrogen) atoms. The van der Waals surface area contributed by atoms with Gasteiger partial charge < -0.3 is 14.4 Å². The van der Waals surface area contributed by atoms with Gasteiger partial charge in [-0.1, -0.05) is 18.6 Å². The van der Waals surface area contributed by atoms with E-state index in [4.69, 9.17) is 19.6 Å². The number of para-hydroxylation sites is 2. The predicted octanol–water partition coefficient (Wildman–Crippen LogP) is 4.28. The van der Waals surface area contributed by atoms with Gasteiger partial charge in [-0.25, -0.2) is 18.5 Å². The summed E-state index contributed by atoms with van der Waals surface area (Å²) in [4.78, 5) is 11.8. The van der Waals surface area contributed by atoms with Crippen LogP contribution in [0, 0.1) is 0 Å². The third-order valence-corrected chi connectivity index (χ3v) is 7.08. The van der Waals surface area contributed by atoms with Crippen molar-refractivity contribution < 1.29 is 17.9 Å². The van der Waals surface area contributed by atoms with Crippen molar-refractivity contribution >= 4 is 21.5 Å². The lowest BCUT2D eigenvalue weighted by molar-refractivity contribution is 0.290. The number of sulfonamides is 1. The molecule has 0 fully saturated rings. The molecule has 0 aliphatic carbocycles. The number of hydrogen-bond donors (Lipinski definition) is 1. The Morgan fingerprint density at radius 3 is 2.63 bits per heavy atom. The van der Waals surface area contributed by atoms with Crippen LogP contribution in [0.1, 0.15) is 36.8 Å². The number of hydrogen-bond acceptors (Lipinski definition) is 7. The summed E-state index contributed by atoms with van der Waals surface area (Å²) in [6.45, 7) is 1.97. The van der Waals surface area contributed by atoms with Crippen LogP contribution in [0.5, 0.6) is 17.4 Å². The maximum absolute atomic E-state index is 11.9. The Balaban J connectivity index is 1.57. The highest BCUT2D eigenvalue weighted by Crippen LogP contribution is 2.36. The monoisotopic (exact) mass is 492 g/mol. The Morgan fingerprint density at radius 1 is 0.943 bits per heavy atom. The first-order valence-corrected chi connectivity index (χ1v) is 13.4. The number of anilines is 1. The van der Waals surface area contributed by atoms with Crippen molar-refractivity contribution in [1.82, 2.24) is 4.98 Å². The Kier molecular flexibility index (Phi) is 6.70. The second kappa shape index (κ2) is 10.1. The lowest BCUT2D eigenvalue weighted by Gasteiger charge is -2.24. The molecular formula is C26H28N4O4S. The van der Waals surface area contributed by atoms with Gasteiger partial charge in [0.15, 0.2) is 11.5 Å². The molecule has 0 saturated heterocycles. The fourth-order valence-corrected chi connectivity index (χ4v) is 4.99. The van der Waals surface area contributed by atoms with E-state index in [9.17, 15) is 8.42 Å². The summed E-state index contributed by atoms with van der Waals surface area (Å²) in [5.74, 6) is 2.48. The molecule has 2 aliphatic heterocycles. The summed E-state index contributed by atoms with van der Waals surface area (Å²) in [5.41, 5.74) is 2.60. The number of amidine groups is 1. The Morgan fingerprint density at radius 2 is 1.77 bits per heavy atom. The normalized spacial score (nSPS) is 16.6. The molecule has 3 aromatic rings. The first kappa shape index (κ1) is 23.3. The van der Waals surface area contributed by atoms with Crippen molar-refractivity contribution in [2.75, 3.05) is 24.6 Å². The summed E-state index contributed by atoms with van der Waals surface area (Å²) >= 11 is 0. The zero-order chi connectivity index (χ0) is 24.3. The standard InChI is InChI=1S/C26H28N4O4S/c27-35(31,32)20-11-12-22-19(18-20)13-16-30(22)25-21-8-7-15-29-26(21)34-24-10-4-3-9-23(24)33-17-6-2-1-5-14-28-25/h3-4,7-12,15,18H,1-2,5-6,13-14,16-17H2,(H2,27,31,32). The number of nitrogens with two attached hydrogens (primary N) is 1. The first-order valence-electron chi connectivity index (χ1n) is 11.8. The van der Waals surface area contributed by atoms with Crippen molar-refractivity contribution in [3.05, 3.63) is 71.9 Å². The van der Waals surface area contributed by atoms with Crippen LogP contribution in [0.3, 0.4) is 0 Å². The molecule has 0 saturated carbocycles. The summed E-state index contributed by atoms with van der Waals surface area (Å²) < 4.78 is 36.0. The zero-order valence-electron chi connectivity index (χ0n) is 19.4.